The van der Waals surface area contributed by atoms with Crippen molar-refractivity contribution in [2.75, 3.05) is 18.0 Å². The molecule has 1 unspecified atom stereocenters. The molecule has 1 fully saturated rings. The van der Waals surface area contributed by atoms with Gasteiger partial charge in [0.25, 0.3) is 5.56 Å². The van der Waals surface area contributed by atoms with Crippen LogP contribution in [0.15, 0.2) is 15.6 Å². The summed E-state index contributed by atoms with van der Waals surface area (Å²) in [7, 11) is 0. The van der Waals surface area contributed by atoms with E-state index in [0.717, 1.165) is 0 Å². The Kier molecular flexibility index (Phi) is 3.46. The predicted molar refractivity (Wildman–Crippen MR) is 67.0 cm³/mol. The number of halogens is 1. The number of hydrogen-bond donors (Lipinski definition) is 2. The van der Waals surface area contributed by atoms with E-state index < -0.39 is 0 Å². The largest absolute Gasteiger partial charge is 0.353 e. The highest BCUT2D eigenvalue weighted by atomic mass is 79.9. The van der Waals surface area contributed by atoms with E-state index in [1.54, 1.807) is 0 Å². The molecular formula is C10H13BrN4O2. The van der Waals surface area contributed by atoms with Gasteiger partial charge in [0.1, 0.15) is 10.5 Å². The van der Waals surface area contributed by atoms with Crippen LogP contribution in [0.4, 0.5) is 5.82 Å². The fourth-order valence-electron chi connectivity index (χ4n) is 1.95. The molecule has 2 N–H and O–H groups in total. The summed E-state index contributed by atoms with van der Waals surface area (Å²) in [5.74, 6) is 0.503. The van der Waals surface area contributed by atoms with Crippen molar-refractivity contribution in [1.29, 1.82) is 0 Å². The number of piperazine rings is 1. The summed E-state index contributed by atoms with van der Waals surface area (Å²) in [5.41, 5.74) is -0.240. The van der Waals surface area contributed by atoms with Gasteiger partial charge in [-0.05, 0) is 22.4 Å². The second kappa shape index (κ2) is 4.87. The Morgan fingerprint density at radius 3 is 3.06 bits per heavy atom. The highest BCUT2D eigenvalue weighted by Crippen LogP contribution is 2.23. The lowest BCUT2D eigenvalue weighted by atomic mass is 10.1. The van der Waals surface area contributed by atoms with E-state index in [1.165, 1.54) is 6.33 Å². The first-order valence-corrected chi connectivity index (χ1v) is 6.22. The molecule has 0 aromatic carbocycles. The van der Waals surface area contributed by atoms with Crippen molar-refractivity contribution in [2.45, 2.75) is 19.4 Å². The topological polar surface area (TPSA) is 78.1 Å². The van der Waals surface area contributed by atoms with Gasteiger partial charge in [0, 0.05) is 13.1 Å². The van der Waals surface area contributed by atoms with Gasteiger partial charge in [-0.3, -0.25) is 9.59 Å². The van der Waals surface area contributed by atoms with Crippen LogP contribution < -0.4 is 15.8 Å². The Balaban J connectivity index is 2.40. The zero-order valence-corrected chi connectivity index (χ0v) is 11.0. The van der Waals surface area contributed by atoms with E-state index in [1.807, 2.05) is 11.8 Å². The highest BCUT2D eigenvalue weighted by molar-refractivity contribution is 9.10. The summed E-state index contributed by atoms with van der Waals surface area (Å²) in [4.78, 5) is 31.7. The lowest BCUT2D eigenvalue weighted by Gasteiger charge is -2.35. The Hall–Kier alpha value is -1.37. The molecule has 1 aliphatic rings. The van der Waals surface area contributed by atoms with Gasteiger partial charge in [0.2, 0.25) is 5.91 Å². The van der Waals surface area contributed by atoms with Gasteiger partial charge in [-0.1, -0.05) is 6.92 Å². The van der Waals surface area contributed by atoms with Gasteiger partial charge in [-0.15, -0.1) is 0 Å². The smallest absolute Gasteiger partial charge is 0.267 e. The first-order chi connectivity index (χ1) is 8.15. The first-order valence-electron chi connectivity index (χ1n) is 5.42. The minimum atomic E-state index is -0.269. The second-order valence-corrected chi connectivity index (χ2v) is 4.57. The van der Waals surface area contributed by atoms with Gasteiger partial charge < -0.3 is 15.2 Å². The van der Waals surface area contributed by atoms with E-state index in [2.05, 4.69) is 31.2 Å². The van der Waals surface area contributed by atoms with Crippen LogP contribution in [0.3, 0.4) is 0 Å². The number of rotatable bonds is 2. The van der Waals surface area contributed by atoms with Crippen molar-refractivity contribution < 1.29 is 4.79 Å². The van der Waals surface area contributed by atoms with Crippen LogP contribution in [-0.4, -0.2) is 35.0 Å². The Labute approximate surface area is 107 Å². The van der Waals surface area contributed by atoms with Gasteiger partial charge in [0.15, 0.2) is 5.82 Å². The number of hydrogen-bond acceptors (Lipinski definition) is 4. The zero-order valence-electron chi connectivity index (χ0n) is 9.36. The van der Waals surface area contributed by atoms with Crippen molar-refractivity contribution in [3.05, 3.63) is 21.2 Å². The number of aromatic amines is 1. The normalized spacial score (nSPS) is 20.2. The molecule has 7 heteroatoms. The van der Waals surface area contributed by atoms with Crippen LogP contribution in [-0.2, 0) is 4.79 Å². The van der Waals surface area contributed by atoms with Crippen LogP contribution >= 0.6 is 15.9 Å². The molecule has 1 saturated heterocycles. The molecule has 1 aromatic rings. The molecule has 1 aliphatic heterocycles. The summed E-state index contributed by atoms with van der Waals surface area (Å²) in [6.07, 6.45) is 2.02. The molecule has 1 atom stereocenters. The van der Waals surface area contributed by atoms with Crippen molar-refractivity contribution in [1.82, 2.24) is 15.3 Å². The minimum Gasteiger partial charge on any atom is -0.353 e. The molecule has 2 heterocycles. The zero-order chi connectivity index (χ0) is 12.4. The number of nitrogens with one attached hydrogen (secondary N) is 2. The summed E-state index contributed by atoms with van der Waals surface area (Å²) < 4.78 is 0.369. The molecule has 92 valence electrons. The van der Waals surface area contributed by atoms with Crippen LogP contribution in [0, 0.1) is 0 Å². The lowest BCUT2D eigenvalue weighted by Crippen LogP contribution is -2.55. The van der Waals surface area contributed by atoms with Gasteiger partial charge >= 0.3 is 0 Å². The van der Waals surface area contributed by atoms with E-state index in [-0.39, 0.29) is 17.5 Å². The number of aromatic nitrogens is 2. The number of anilines is 1. The monoisotopic (exact) mass is 300 g/mol. The van der Waals surface area contributed by atoms with Gasteiger partial charge in [-0.25, -0.2) is 4.98 Å². The second-order valence-electron chi connectivity index (χ2n) is 3.78. The summed E-state index contributed by atoms with van der Waals surface area (Å²) in [5, 5.41) is 2.81. The maximum absolute atomic E-state index is 11.7. The average molecular weight is 301 g/mol. The molecule has 6 nitrogen and oxygen atoms in total. The van der Waals surface area contributed by atoms with Crippen molar-refractivity contribution >= 4 is 27.7 Å². The standard InChI is InChI=1S/C10H13BrN4O2/c1-2-6-9(16)12-3-4-15(6)8-7(11)10(17)14-5-13-8/h5-6H,2-4H2,1H3,(H,12,16)(H,13,14,17). The summed E-state index contributed by atoms with van der Waals surface area (Å²) in [6.45, 7) is 3.15. The number of nitrogens with zero attached hydrogens (tertiary/aromatic N) is 2. The molecule has 17 heavy (non-hydrogen) atoms. The molecule has 0 saturated carbocycles. The number of carbonyl (C=O) groups is 1. The van der Waals surface area contributed by atoms with E-state index in [0.29, 0.717) is 29.8 Å². The summed E-state index contributed by atoms with van der Waals surface area (Å²) >= 11 is 3.21. The van der Waals surface area contributed by atoms with Gasteiger partial charge in [0.05, 0.1) is 6.33 Å². The molecule has 1 amide bonds. The molecule has 0 radical (unpaired) electrons. The third-order valence-electron chi connectivity index (χ3n) is 2.77. The fraction of sp³-hybridized carbons (Fsp3) is 0.500. The average Bonchev–Trinajstić information content (AvgIpc) is 2.32. The first kappa shape index (κ1) is 12.1. The molecule has 0 aliphatic carbocycles. The minimum absolute atomic E-state index is 0.0206. The molecule has 0 bridgehead atoms. The summed E-state index contributed by atoms with van der Waals surface area (Å²) in [6, 6.07) is -0.269. The highest BCUT2D eigenvalue weighted by Gasteiger charge is 2.30. The van der Waals surface area contributed by atoms with Gasteiger partial charge in [-0.2, -0.15) is 0 Å². The third-order valence-corrected chi connectivity index (χ3v) is 3.48. The quantitative estimate of drug-likeness (QED) is 0.820. The van der Waals surface area contributed by atoms with E-state index in [9.17, 15) is 9.59 Å². The van der Waals surface area contributed by atoms with Crippen molar-refractivity contribution in [3.8, 4) is 0 Å². The van der Waals surface area contributed by atoms with Crippen molar-refractivity contribution in [3.63, 3.8) is 0 Å². The molecule has 0 spiro atoms. The molecule has 2 rings (SSSR count). The van der Waals surface area contributed by atoms with Crippen molar-refractivity contribution in [2.24, 2.45) is 0 Å². The third kappa shape index (κ3) is 2.19. The maximum Gasteiger partial charge on any atom is 0.267 e. The number of H-pyrrole nitrogens is 1. The number of carbonyl (C=O) groups excluding carboxylic acids is 1. The molecular weight excluding hydrogens is 288 g/mol. The molecule has 1 aromatic heterocycles. The van der Waals surface area contributed by atoms with E-state index in [4.69, 9.17) is 0 Å². The van der Waals surface area contributed by atoms with E-state index >= 15 is 0 Å². The lowest BCUT2D eigenvalue weighted by molar-refractivity contribution is -0.123. The van der Waals surface area contributed by atoms with Crippen LogP contribution in [0.1, 0.15) is 13.3 Å². The fourth-order valence-corrected chi connectivity index (χ4v) is 2.39. The maximum atomic E-state index is 11.7. The number of amides is 1. The predicted octanol–water partition coefficient (Wildman–Crippen LogP) is 0.247. The Morgan fingerprint density at radius 1 is 1.59 bits per heavy atom. The van der Waals surface area contributed by atoms with Crippen LogP contribution in [0.2, 0.25) is 0 Å². The Bertz CT molecular complexity index is 487. The Morgan fingerprint density at radius 2 is 2.35 bits per heavy atom. The SMILES string of the molecule is CCC1C(=O)NCCN1c1nc[nH]c(=O)c1Br. The van der Waals surface area contributed by atoms with Crippen LogP contribution in [0.5, 0.6) is 0 Å². The van der Waals surface area contributed by atoms with Crippen LogP contribution in [0.25, 0.3) is 0 Å².